The van der Waals surface area contributed by atoms with Gasteiger partial charge in [-0.05, 0) is 57.1 Å². The fourth-order valence-corrected chi connectivity index (χ4v) is 4.42. The lowest BCUT2D eigenvalue weighted by molar-refractivity contribution is 0.0980. The van der Waals surface area contributed by atoms with Gasteiger partial charge in [0, 0.05) is 30.9 Å². The summed E-state index contributed by atoms with van der Waals surface area (Å²) in [7, 11) is 0. The second-order valence-corrected chi connectivity index (χ2v) is 7.60. The number of hydrogen-bond acceptors (Lipinski definition) is 4. The highest BCUT2D eigenvalue weighted by Gasteiger charge is 2.27. The lowest BCUT2D eigenvalue weighted by atomic mass is 10.00. The van der Waals surface area contributed by atoms with Gasteiger partial charge in [0.15, 0.2) is 0 Å². The lowest BCUT2D eigenvalue weighted by Crippen LogP contribution is -2.40. The Morgan fingerprint density at radius 2 is 2.00 bits per heavy atom. The third kappa shape index (κ3) is 3.55. The maximum absolute atomic E-state index is 13.3. The summed E-state index contributed by atoms with van der Waals surface area (Å²) in [5.41, 5.74) is 2.77. The monoisotopic (exact) mass is 364 g/mol. The number of piperidine rings is 1. The van der Waals surface area contributed by atoms with Crippen molar-refractivity contribution in [3.63, 3.8) is 0 Å². The van der Waals surface area contributed by atoms with Crippen LogP contribution in [0.4, 0.5) is 11.5 Å². The summed E-state index contributed by atoms with van der Waals surface area (Å²) in [5, 5.41) is 0. The molecule has 3 heterocycles. The van der Waals surface area contributed by atoms with Gasteiger partial charge in [-0.1, -0.05) is 25.1 Å². The molecule has 2 aliphatic heterocycles. The first-order valence-electron chi connectivity index (χ1n) is 10.2. The number of amides is 1. The maximum atomic E-state index is 13.3. The SMILES string of the molecule is CCC1CCCCN1c1cc(C(=O)N2CCCc3ccccc32)nc(C)n1. The van der Waals surface area contributed by atoms with Gasteiger partial charge in [0.1, 0.15) is 17.3 Å². The van der Waals surface area contributed by atoms with Crippen LogP contribution in [-0.2, 0) is 6.42 Å². The van der Waals surface area contributed by atoms with Gasteiger partial charge in [-0.2, -0.15) is 0 Å². The summed E-state index contributed by atoms with van der Waals surface area (Å²) in [4.78, 5) is 26.7. The zero-order valence-electron chi connectivity index (χ0n) is 16.3. The Labute approximate surface area is 161 Å². The van der Waals surface area contributed by atoms with E-state index in [1.165, 1.54) is 24.8 Å². The highest BCUT2D eigenvalue weighted by Crippen LogP contribution is 2.29. The summed E-state index contributed by atoms with van der Waals surface area (Å²) >= 11 is 0. The topological polar surface area (TPSA) is 49.3 Å². The maximum Gasteiger partial charge on any atom is 0.277 e. The van der Waals surface area contributed by atoms with E-state index in [-0.39, 0.29) is 5.91 Å². The Balaban J connectivity index is 1.66. The van der Waals surface area contributed by atoms with Crippen LogP contribution in [0.25, 0.3) is 0 Å². The molecule has 0 saturated carbocycles. The van der Waals surface area contributed by atoms with E-state index in [0.29, 0.717) is 17.6 Å². The molecule has 0 N–H and O–H groups in total. The van der Waals surface area contributed by atoms with E-state index in [1.807, 2.05) is 36.1 Å². The van der Waals surface area contributed by atoms with Crippen LogP contribution in [0.1, 0.15) is 60.9 Å². The smallest absolute Gasteiger partial charge is 0.277 e. The van der Waals surface area contributed by atoms with Crippen LogP contribution >= 0.6 is 0 Å². The third-order valence-electron chi connectivity index (χ3n) is 5.79. The van der Waals surface area contributed by atoms with Crippen molar-refractivity contribution < 1.29 is 4.79 Å². The number of nitrogens with zero attached hydrogens (tertiary/aromatic N) is 4. The second-order valence-electron chi connectivity index (χ2n) is 7.60. The molecule has 27 heavy (non-hydrogen) atoms. The highest BCUT2D eigenvalue weighted by atomic mass is 16.2. The molecule has 4 rings (SSSR count). The Bertz CT molecular complexity index is 835. The summed E-state index contributed by atoms with van der Waals surface area (Å²) < 4.78 is 0. The van der Waals surface area contributed by atoms with Gasteiger partial charge in [-0.3, -0.25) is 4.79 Å². The minimum Gasteiger partial charge on any atom is -0.354 e. The zero-order chi connectivity index (χ0) is 18.8. The van der Waals surface area contributed by atoms with Crippen LogP contribution < -0.4 is 9.80 Å². The molecule has 0 bridgehead atoms. The predicted octanol–water partition coefficient (Wildman–Crippen LogP) is 4.15. The highest BCUT2D eigenvalue weighted by molar-refractivity contribution is 6.05. The number of anilines is 2. The van der Waals surface area contributed by atoms with Crippen LogP contribution in [0, 0.1) is 6.92 Å². The van der Waals surface area contributed by atoms with E-state index in [9.17, 15) is 4.79 Å². The number of fused-ring (bicyclic) bond motifs is 1. The Kier molecular flexibility index (Phi) is 5.10. The number of carbonyl (C=O) groups excluding carboxylic acids is 1. The number of para-hydroxylation sites is 1. The molecule has 1 unspecified atom stereocenters. The normalized spacial score (nSPS) is 19.7. The summed E-state index contributed by atoms with van der Waals surface area (Å²) in [6.07, 6.45) is 6.77. The number of hydrogen-bond donors (Lipinski definition) is 0. The van der Waals surface area contributed by atoms with Crippen LogP contribution in [0.3, 0.4) is 0 Å². The molecular formula is C22H28N4O. The molecule has 1 saturated heterocycles. The quantitative estimate of drug-likeness (QED) is 0.821. The fraction of sp³-hybridized carbons (Fsp3) is 0.500. The average molecular weight is 364 g/mol. The Morgan fingerprint density at radius 3 is 2.85 bits per heavy atom. The molecule has 1 atom stereocenters. The largest absolute Gasteiger partial charge is 0.354 e. The van der Waals surface area contributed by atoms with Crippen molar-refractivity contribution in [2.75, 3.05) is 22.9 Å². The summed E-state index contributed by atoms with van der Waals surface area (Å²) in [6.45, 7) is 5.87. The van der Waals surface area contributed by atoms with Crippen molar-refractivity contribution in [1.29, 1.82) is 0 Å². The number of carbonyl (C=O) groups is 1. The minimum absolute atomic E-state index is 0.0149. The number of aromatic nitrogens is 2. The molecule has 142 valence electrons. The van der Waals surface area contributed by atoms with Gasteiger partial charge in [-0.25, -0.2) is 9.97 Å². The first-order chi connectivity index (χ1) is 13.2. The van der Waals surface area contributed by atoms with Gasteiger partial charge >= 0.3 is 0 Å². The molecule has 1 fully saturated rings. The van der Waals surface area contributed by atoms with Crippen molar-refractivity contribution >= 4 is 17.4 Å². The molecule has 2 aromatic rings. The van der Waals surface area contributed by atoms with Crippen LogP contribution in [0.2, 0.25) is 0 Å². The Morgan fingerprint density at radius 1 is 1.15 bits per heavy atom. The van der Waals surface area contributed by atoms with E-state index in [0.717, 1.165) is 43.9 Å². The first-order valence-corrected chi connectivity index (χ1v) is 10.2. The molecule has 5 heteroatoms. The standard InChI is InChI=1S/C22H28N4O/c1-3-18-11-6-7-13-25(18)21-15-19(23-16(2)24-21)22(27)26-14-8-10-17-9-4-5-12-20(17)26/h4-5,9,12,15,18H,3,6-8,10-11,13-14H2,1-2H3. The molecule has 0 spiro atoms. The fourth-order valence-electron chi connectivity index (χ4n) is 4.42. The molecule has 0 aliphatic carbocycles. The number of rotatable bonds is 3. The molecule has 0 radical (unpaired) electrons. The van der Waals surface area contributed by atoms with Gasteiger partial charge < -0.3 is 9.80 Å². The Hall–Kier alpha value is -2.43. The zero-order valence-corrected chi connectivity index (χ0v) is 16.3. The molecule has 1 amide bonds. The van der Waals surface area contributed by atoms with Crippen molar-refractivity contribution in [2.24, 2.45) is 0 Å². The van der Waals surface area contributed by atoms with Crippen molar-refractivity contribution in [1.82, 2.24) is 9.97 Å². The molecule has 5 nitrogen and oxygen atoms in total. The van der Waals surface area contributed by atoms with E-state index in [2.05, 4.69) is 27.9 Å². The second kappa shape index (κ2) is 7.67. The van der Waals surface area contributed by atoms with E-state index in [4.69, 9.17) is 0 Å². The molecule has 2 aliphatic rings. The van der Waals surface area contributed by atoms with Crippen molar-refractivity contribution in [3.05, 3.63) is 47.4 Å². The summed E-state index contributed by atoms with van der Waals surface area (Å²) in [5.74, 6) is 1.56. The van der Waals surface area contributed by atoms with Crippen molar-refractivity contribution in [3.8, 4) is 0 Å². The molecule has 1 aromatic carbocycles. The third-order valence-corrected chi connectivity index (χ3v) is 5.79. The van der Waals surface area contributed by atoms with E-state index in [1.54, 1.807) is 0 Å². The molecular weight excluding hydrogens is 336 g/mol. The van der Waals surface area contributed by atoms with Crippen LogP contribution in [-0.4, -0.2) is 35.0 Å². The van der Waals surface area contributed by atoms with Crippen LogP contribution in [0.15, 0.2) is 30.3 Å². The average Bonchev–Trinajstić information content (AvgIpc) is 2.72. The lowest BCUT2D eigenvalue weighted by Gasteiger charge is -2.36. The summed E-state index contributed by atoms with van der Waals surface area (Å²) in [6, 6.07) is 10.6. The van der Waals surface area contributed by atoms with Gasteiger partial charge in [0.05, 0.1) is 0 Å². The van der Waals surface area contributed by atoms with Crippen molar-refractivity contribution in [2.45, 2.75) is 58.4 Å². The van der Waals surface area contributed by atoms with E-state index < -0.39 is 0 Å². The number of aryl methyl sites for hydroxylation is 2. The number of benzene rings is 1. The van der Waals surface area contributed by atoms with Gasteiger partial charge in [0.25, 0.3) is 5.91 Å². The van der Waals surface area contributed by atoms with Gasteiger partial charge in [-0.15, -0.1) is 0 Å². The van der Waals surface area contributed by atoms with E-state index >= 15 is 0 Å². The van der Waals surface area contributed by atoms with Crippen LogP contribution in [0.5, 0.6) is 0 Å². The first kappa shape index (κ1) is 18.0. The minimum atomic E-state index is -0.0149. The van der Waals surface area contributed by atoms with Gasteiger partial charge in [0.2, 0.25) is 0 Å². The molecule has 1 aromatic heterocycles. The predicted molar refractivity (Wildman–Crippen MR) is 108 cm³/mol.